The molecule has 1 rings (SSSR count). The van der Waals surface area contributed by atoms with Gasteiger partial charge in [-0.1, -0.05) is 19.3 Å². The molecule has 7 nitrogen and oxygen atoms in total. The van der Waals surface area contributed by atoms with Crippen molar-refractivity contribution in [3.63, 3.8) is 0 Å². The third-order valence-corrected chi connectivity index (χ3v) is 4.74. The molecule has 0 aliphatic heterocycles. The number of nitrogens with one attached hydrogen (secondary N) is 2. The van der Waals surface area contributed by atoms with Crippen molar-refractivity contribution in [2.24, 2.45) is 0 Å². The number of carbonyl (C=O) groups excluding carboxylic acids is 2. The number of aliphatic carboxylic acids is 1. The van der Waals surface area contributed by atoms with Gasteiger partial charge in [0, 0.05) is 0 Å². The Hall–Kier alpha value is -1.44. The van der Waals surface area contributed by atoms with E-state index in [4.69, 9.17) is 4.74 Å². The van der Waals surface area contributed by atoms with E-state index in [1.807, 2.05) is 6.26 Å². The third-order valence-electron chi connectivity index (χ3n) is 4.10. The van der Waals surface area contributed by atoms with E-state index in [-0.39, 0.29) is 0 Å². The zero-order valence-corrected chi connectivity index (χ0v) is 16.3. The summed E-state index contributed by atoms with van der Waals surface area (Å²) in [5.41, 5.74) is -1.77. The topological polar surface area (TPSA) is 105 Å². The molecule has 0 heterocycles. The van der Waals surface area contributed by atoms with Crippen LogP contribution in [0.3, 0.4) is 0 Å². The number of rotatable bonds is 7. The molecule has 2 amide bonds. The Morgan fingerprint density at radius 2 is 1.80 bits per heavy atom. The van der Waals surface area contributed by atoms with E-state index in [0.717, 1.165) is 19.3 Å². The van der Waals surface area contributed by atoms with Gasteiger partial charge >= 0.3 is 12.1 Å². The van der Waals surface area contributed by atoms with E-state index in [1.54, 1.807) is 20.8 Å². The van der Waals surface area contributed by atoms with E-state index >= 15 is 0 Å². The number of thioether (sulfide) groups is 1. The molecular formula is C17H30N2O5S. The fraction of sp³-hybridized carbons (Fsp3) is 0.824. The van der Waals surface area contributed by atoms with E-state index < -0.39 is 35.2 Å². The van der Waals surface area contributed by atoms with E-state index in [9.17, 15) is 19.5 Å². The molecule has 8 heteroatoms. The first kappa shape index (κ1) is 21.6. The van der Waals surface area contributed by atoms with Crippen LogP contribution in [-0.2, 0) is 14.3 Å². The van der Waals surface area contributed by atoms with Crippen molar-refractivity contribution in [2.75, 3.05) is 12.0 Å². The summed E-state index contributed by atoms with van der Waals surface area (Å²) in [4.78, 5) is 36.4. The van der Waals surface area contributed by atoms with Gasteiger partial charge in [0.25, 0.3) is 0 Å². The van der Waals surface area contributed by atoms with Crippen molar-refractivity contribution in [1.82, 2.24) is 10.6 Å². The zero-order chi connectivity index (χ0) is 19.1. The maximum absolute atomic E-state index is 12.8. The van der Waals surface area contributed by atoms with E-state index in [0.29, 0.717) is 25.0 Å². The lowest BCUT2D eigenvalue weighted by Gasteiger charge is -2.37. The molecule has 1 unspecified atom stereocenters. The average molecular weight is 375 g/mol. The highest BCUT2D eigenvalue weighted by atomic mass is 32.2. The smallest absolute Gasteiger partial charge is 0.408 e. The molecule has 25 heavy (non-hydrogen) atoms. The highest BCUT2D eigenvalue weighted by Crippen LogP contribution is 2.29. The van der Waals surface area contributed by atoms with Crippen LogP contribution in [0.2, 0.25) is 0 Å². The highest BCUT2D eigenvalue weighted by molar-refractivity contribution is 7.98. The van der Waals surface area contributed by atoms with Crippen molar-refractivity contribution in [3.8, 4) is 0 Å². The van der Waals surface area contributed by atoms with Gasteiger partial charge in [-0.15, -0.1) is 0 Å². The van der Waals surface area contributed by atoms with Gasteiger partial charge in [0.2, 0.25) is 5.91 Å². The summed E-state index contributed by atoms with van der Waals surface area (Å²) in [6.07, 6.45) is 5.11. The van der Waals surface area contributed by atoms with Crippen LogP contribution >= 0.6 is 11.8 Å². The van der Waals surface area contributed by atoms with E-state index in [2.05, 4.69) is 10.6 Å². The average Bonchev–Trinajstić information content (AvgIpc) is 2.49. The number of hydrogen-bond acceptors (Lipinski definition) is 5. The molecule has 0 aromatic rings. The molecule has 1 atom stereocenters. The molecule has 1 fully saturated rings. The van der Waals surface area contributed by atoms with Gasteiger partial charge in [0.1, 0.15) is 17.2 Å². The van der Waals surface area contributed by atoms with Crippen LogP contribution in [-0.4, -0.2) is 52.3 Å². The Kier molecular flexibility index (Phi) is 8.05. The van der Waals surface area contributed by atoms with Gasteiger partial charge in [0.05, 0.1) is 0 Å². The molecular weight excluding hydrogens is 344 g/mol. The second-order valence-electron chi connectivity index (χ2n) is 7.42. The molecule has 144 valence electrons. The first-order valence-electron chi connectivity index (χ1n) is 8.63. The molecule has 0 aromatic heterocycles. The summed E-state index contributed by atoms with van der Waals surface area (Å²) in [6.45, 7) is 5.26. The normalized spacial score (nSPS) is 18.1. The van der Waals surface area contributed by atoms with Crippen LogP contribution in [0.4, 0.5) is 4.79 Å². The second kappa shape index (κ2) is 9.31. The summed E-state index contributed by atoms with van der Waals surface area (Å²) in [7, 11) is 0. The first-order chi connectivity index (χ1) is 11.6. The number of ether oxygens (including phenoxy) is 1. The summed E-state index contributed by atoms with van der Waals surface area (Å²) in [6, 6.07) is -0.959. The van der Waals surface area contributed by atoms with Crippen molar-refractivity contribution >= 4 is 29.7 Å². The SMILES string of the molecule is CSCCC(NC(=O)C1(NC(=O)OC(C)(C)C)CCCCC1)C(=O)O. The molecule has 3 N–H and O–H groups in total. The summed E-state index contributed by atoms with van der Waals surface area (Å²) in [5.74, 6) is -0.874. The van der Waals surface area contributed by atoms with Crippen molar-refractivity contribution in [3.05, 3.63) is 0 Å². The molecule has 0 bridgehead atoms. The van der Waals surface area contributed by atoms with Crippen LogP contribution in [0.5, 0.6) is 0 Å². The van der Waals surface area contributed by atoms with Crippen molar-refractivity contribution < 1.29 is 24.2 Å². The molecule has 1 aliphatic rings. The lowest BCUT2D eigenvalue weighted by molar-refractivity contribution is -0.143. The predicted octanol–water partition coefficient (Wildman–Crippen LogP) is 2.54. The Bertz CT molecular complexity index is 484. The second-order valence-corrected chi connectivity index (χ2v) is 8.40. The highest BCUT2D eigenvalue weighted by Gasteiger charge is 2.43. The molecule has 0 saturated heterocycles. The van der Waals surface area contributed by atoms with Gasteiger partial charge in [0.15, 0.2) is 0 Å². The fourth-order valence-electron chi connectivity index (χ4n) is 2.85. The standard InChI is InChI=1S/C17H30N2O5S/c1-16(2,3)24-15(23)19-17(9-6-5-7-10-17)14(22)18-12(13(20)21)8-11-25-4/h12H,5-11H2,1-4H3,(H,18,22)(H,19,23)(H,20,21). The number of amides is 2. The number of hydrogen-bond donors (Lipinski definition) is 3. The largest absolute Gasteiger partial charge is 0.480 e. The lowest BCUT2D eigenvalue weighted by Crippen LogP contribution is -2.62. The third kappa shape index (κ3) is 7.13. The minimum Gasteiger partial charge on any atom is -0.480 e. The first-order valence-corrected chi connectivity index (χ1v) is 10.0. The maximum Gasteiger partial charge on any atom is 0.408 e. The monoisotopic (exact) mass is 374 g/mol. The number of carboxylic acid groups (broad SMARTS) is 1. The lowest BCUT2D eigenvalue weighted by atomic mass is 9.80. The fourth-order valence-corrected chi connectivity index (χ4v) is 3.32. The van der Waals surface area contributed by atoms with E-state index in [1.165, 1.54) is 11.8 Å². The van der Waals surface area contributed by atoms with Gasteiger partial charge < -0.3 is 20.5 Å². The quantitative estimate of drug-likeness (QED) is 0.632. The van der Waals surface area contributed by atoms with Crippen LogP contribution in [0.15, 0.2) is 0 Å². The predicted molar refractivity (Wildman–Crippen MR) is 97.8 cm³/mol. The summed E-state index contributed by atoms with van der Waals surface area (Å²) >= 11 is 1.52. The Morgan fingerprint density at radius 3 is 2.28 bits per heavy atom. The Balaban J connectivity index is 2.86. The molecule has 1 saturated carbocycles. The Morgan fingerprint density at radius 1 is 1.20 bits per heavy atom. The van der Waals surface area contributed by atoms with Gasteiger partial charge in [-0.3, -0.25) is 4.79 Å². The Labute approximate surface area is 153 Å². The van der Waals surface area contributed by atoms with Crippen molar-refractivity contribution in [1.29, 1.82) is 0 Å². The molecule has 1 aliphatic carbocycles. The van der Waals surface area contributed by atoms with Crippen LogP contribution in [0.1, 0.15) is 59.3 Å². The van der Waals surface area contributed by atoms with Gasteiger partial charge in [-0.05, 0) is 52.0 Å². The summed E-state index contributed by atoms with van der Waals surface area (Å²) < 4.78 is 5.28. The number of carbonyl (C=O) groups is 3. The zero-order valence-electron chi connectivity index (χ0n) is 15.5. The molecule has 0 spiro atoms. The molecule has 0 aromatic carbocycles. The maximum atomic E-state index is 12.8. The number of carboxylic acids is 1. The van der Waals surface area contributed by atoms with Crippen molar-refractivity contribution in [2.45, 2.75) is 76.5 Å². The minimum atomic E-state index is -1.10. The van der Waals surface area contributed by atoms with Crippen LogP contribution in [0, 0.1) is 0 Å². The summed E-state index contributed by atoms with van der Waals surface area (Å²) in [5, 5.41) is 14.7. The van der Waals surface area contributed by atoms with Gasteiger partial charge in [-0.25, -0.2) is 9.59 Å². The molecule has 0 radical (unpaired) electrons. The number of alkyl carbamates (subject to hydrolysis) is 1. The van der Waals surface area contributed by atoms with Crippen LogP contribution in [0.25, 0.3) is 0 Å². The van der Waals surface area contributed by atoms with Crippen LogP contribution < -0.4 is 10.6 Å². The van der Waals surface area contributed by atoms with Gasteiger partial charge in [-0.2, -0.15) is 11.8 Å². The minimum absolute atomic E-state index is 0.338.